The van der Waals surface area contributed by atoms with E-state index in [1.165, 1.54) is 0 Å². The van der Waals surface area contributed by atoms with Crippen molar-refractivity contribution in [2.45, 2.75) is 78.6 Å². The Labute approximate surface area is 124 Å². The summed E-state index contributed by atoms with van der Waals surface area (Å²) >= 11 is 0. The Morgan fingerprint density at radius 3 is 2.50 bits per heavy atom. The number of carbonyl (C=O) groups is 1. The number of hydrogen-bond donors (Lipinski definition) is 1. The molecule has 1 heterocycles. The van der Waals surface area contributed by atoms with E-state index in [1.807, 2.05) is 11.8 Å². The van der Waals surface area contributed by atoms with Gasteiger partial charge >= 0.3 is 0 Å². The van der Waals surface area contributed by atoms with Gasteiger partial charge < -0.3 is 9.64 Å². The van der Waals surface area contributed by atoms with E-state index in [2.05, 4.69) is 39.9 Å². The zero-order valence-corrected chi connectivity index (χ0v) is 14.0. The van der Waals surface area contributed by atoms with E-state index in [0.717, 1.165) is 19.3 Å². The molecule has 4 heteroatoms. The normalized spacial score (nSPS) is 23.9. The van der Waals surface area contributed by atoms with Crippen molar-refractivity contribution < 1.29 is 9.53 Å². The van der Waals surface area contributed by atoms with E-state index >= 15 is 0 Å². The highest BCUT2D eigenvalue weighted by Gasteiger charge is 2.40. The molecular weight excluding hydrogens is 252 g/mol. The third-order valence-electron chi connectivity index (χ3n) is 3.71. The molecule has 1 saturated heterocycles. The summed E-state index contributed by atoms with van der Waals surface area (Å²) in [4.78, 5) is 14.6. The summed E-state index contributed by atoms with van der Waals surface area (Å²) in [5.74, 6) is 0.809. The fraction of sp³-hybridized carbons (Fsp3) is 0.938. The van der Waals surface area contributed by atoms with Crippen molar-refractivity contribution in [3.05, 3.63) is 0 Å². The summed E-state index contributed by atoms with van der Waals surface area (Å²) in [6.45, 7) is 14.0. The fourth-order valence-corrected chi connectivity index (χ4v) is 2.92. The van der Waals surface area contributed by atoms with Crippen LogP contribution in [0, 0.1) is 5.92 Å². The van der Waals surface area contributed by atoms with Crippen molar-refractivity contribution in [2.75, 3.05) is 13.2 Å². The molecule has 2 unspecified atom stereocenters. The first-order chi connectivity index (χ1) is 9.30. The second-order valence-electron chi connectivity index (χ2n) is 6.81. The highest BCUT2D eigenvalue weighted by Crippen LogP contribution is 2.23. The van der Waals surface area contributed by atoms with Crippen molar-refractivity contribution >= 4 is 5.91 Å². The van der Waals surface area contributed by atoms with Gasteiger partial charge in [0.15, 0.2) is 0 Å². The maximum absolute atomic E-state index is 12.6. The number of hydrogen-bond acceptors (Lipinski definition) is 3. The molecule has 0 radical (unpaired) electrons. The smallest absolute Gasteiger partial charge is 0.241 e. The molecule has 20 heavy (non-hydrogen) atoms. The molecule has 0 aromatic rings. The van der Waals surface area contributed by atoms with Crippen molar-refractivity contribution in [1.82, 2.24) is 10.2 Å². The number of ether oxygens (including phenoxy) is 1. The van der Waals surface area contributed by atoms with Gasteiger partial charge in [-0.25, -0.2) is 0 Å². The van der Waals surface area contributed by atoms with Crippen LogP contribution in [0.5, 0.6) is 0 Å². The van der Waals surface area contributed by atoms with Crippen LogP contribution in [0.2, 0.25) is 0 Å². The molecule has 1 fully saturated rings. The minimum Gasteiger partial charge on any atom is -0.374 e. The van der Waals surface area contributed by atoms with Gasteiger partial charge in [-0.15, -0.1) is 0 Å². The number of nitrogens with zero attached hydrogens (tertiary/aromatic N) is 1. The average Bonchev–Trinajstić information content (AvgIpc) is 2.57. The molecule has 1 aliphatic rings. The van der Waals surface area contributed by atoms with Crippen molar-refractivity contribution in [3.63, 3.8) is 0 Å². The Morgan fingerprint density at radius 1 is 1.35 bits per heavy atom. The Bertz CT molecular complexity index is 316. The first-order valence-corrected chi connectivity index (χ1v) is 8.01. The summed E-state index contributed by atoms with van der Waals surface area (Å²) in [6.07, 6.45) is 3.09. The van der Waals surface area contributed by atoms with Gasteiger partial charge in [0.2, 0.25) is 5.91 Å². The fourth-order valence-electron chi connectivity index (χ4n) is 2.92. The van der Waals surface area contributed by atoms with E-state index < -0.39 is 0 Å². The van der Waals surface area contributed by atoms with E-state index in [1.54, 1.807) is 0 Å². The van der Waals surface area contributed by atoms with Gasteiger partial charge in [0.25, 0.3) is 0 Å². The zero-order chi connectivity index (χ0) is 15.3. The second-order valence-corrected chi connectivity index (χ2v) is 6.81. The predicted octanol–water partition coefficient (Wildman–Crippen LogP) is 2.77. The lowest BCUT2D eigenvalue weighted by atomic mass is 10.1. The highest BCUT2D eigenvalue weighted by atomic mass is 16.5. The summed E-state index contributed by atoms with van der Waals surface area (Å²) < 4.78 is 5.77. The molecule has 118 valence electrons. The molecule has 0 saturated carbocycles. The van der Waals surface area contributed by atoms with Gasteiger partial charge in [-0.3, -0.25) is 10.1 Å². The summed E-state index contributed by atoms with van der Waals surface area (Å²) in [5.41, 5.74) is -0.289. The molecule has 0 aromatic heterocycles. The average molecular weight is 284 g/mol. The minimum atomic E-state index is -0.289. The first kappa shape index (κ1) is 17.4. The van der Waals surface area contributed by atoms with Gasteiger partial charge in [-0.1, -0.05) is 27.2 Å². The Morgan fingerprint density at radius 2 is 2.00 bits per heavy atom. The van der Waals surface area contributed by atoms with Crippen LogP contribution in [0.4, 0.5) is 0 Å². The molecule has 0 aliphatic carbocycles. The lowest BCUT2D eigenvalue weighted by molar-refractivity contribution is -0.134. The highest BCUT2D eigenvalue weighted by molar-refractivity contribution is 5.84. The van der Waals surface area contributed by atoms with E-state index in [9.17, 15) is 4.79 Å². The van der Waals surface area contributed by atoms with Crippen molar-refractivity contribution in [1.29, 1.82) is 0 Å². The molecular formula is C16H32N2O2. The third kappa shape index (κ3) is 4.74. The second kappa shape index (κ2) is 7.41. The van der Waals surface area contributed by atoms with Crippen LogP contribution in [0.25, 0.3) is 0 Å². The number of carbonyl (C=O) groups excluding carboxylic acids is 1. The third-order valence-corrected chi connectivity index (χ3v) is 3.71. The lowest BCUT2D eigenvalue weighted by Crippen LogP contribution is -2.47. The Kier molecular flexibility index (Phi) is 6.46. The number of rotatable bonds is 8. The monoisotopic (exact) mass is 284 g/mol. The quantitative estimate of drug-likeness (QED) is 0.745. The molecule has 1 N–H and O–H groups in total. The van der Waals surface area contributed by atoms with Gasteiger partial charge in [-0.05, 0) is 39.5 Å². The lowest BCUT2D eigenvalue weighted by Gasteiger charge is -2.34. The molecule has 0 aromatic carbocycles. The standard InChI is InChI=1S/C16H32N2O2/c1-7-9-13-15(19)18(11-16(5,6)20-8-2)14(17-13)10-12(3)4/h12-14,17H,7-11H2,1-6H3. The molecule has 0 bridgehead atoms. The largest absolute Gasteiger partial charge is 0.374 e. The van der Waals surface area contributed by atoms with Crippen LogP contribution in [0.1, 0.15) is 60.8 Å². The van der Waals surface area contributed by atoms with E-state index in [-0.39, 0.29) is 23.7 Å². The van der Waals surface area contributed by atoms with Crippen LogP contribution in [0.3, 0.4) is 0 Å². The van der Waals surface area contributed by atoms with E-state index in [4.69, 9.17) is 4.74 Å². The maximum atomic E-state index is 12.6. The van der Waals surface area contributed by atoms with Gasteiger partial charge in [0.05, 0.1) is 24.4 Å². The number of nitrogens with one attached hydrogen (secondary N) is 1. The number of amides is 1. The molecule has 1 aliphatic heterocycles. The van der Waals surface area contributed by atoms with Gasteiger partial charge in [-0.2, -0.15) is 0 Å². The minimum absolute atomic E-state index is 0.0128. The van der Waals surface area contributed by atoms with E-state index in [0.29, 0.717) is 19.1 Å². The van der Waals surface area contributed by atoms with Crippen LogP contribution in [-0.4, -0.2) is 41.8 Å². The van der Waals surface area contributed by atoms with Crippen molar-refractivity contribution in [3.8, 4) is 0 Å². The summed E-state index contributed by atoms with van der Waals surface area (Å²) in [5, 5.41) is 3.51. The first-order valence-electron chi connectivity index (χ1n) is 8.01. The molecule has 1 rings (SSSR count). The van der Waals surface area contributed by atoms with Crippen LogP contribution < -0.4 is 5.32 Å². The zero-order valence-electron chi connectivity index (χ0n) is 14.0. The Balaban J connectivity index is 2.78. The van der Waals surface area contributed by atoms with Crippen molar-refractivity contribution in [2.24, 2.45) is 5.92 Å². The van der Waals surface area contributed by atoms with Crippen LogP contribution in [-0.2, 0) is 9.53 Å². The summed E-state index contributed by atoms with van der Waals surface area (Å²) in [6, 6.07) is -0.0128. The van der Waals surface area contributed by atoms with Gasteiger partial charge in [0, 0.05) is 6.61 Å². The van der Waals surface area contributed by atoms with Gasteiger partial charge in [0.1, 0.15) is 0 Å². The molecule has 1 amide bonds. The topological polar surface area (TPSA) is 41.6 Å². The molecule has 2 atom stereocenters. The molecule has 4 nitrogen and oxygen atoms in total. The van der Waals surface area contributed by atoms with Crippen LogP contribution in [0.15, 0.2) is 0 Å². The summed E-state index contributed by atoms with van der Waals surface area (Å²) in [7, 11) is 0. The molecule has 0 spiro atoms. The predicted molar refractivity (Wildman–Crippen MR) is 82.5 cm³/mol. The van der Waals surface area contributed by atoms with Crippen LogP contribution >= 0.6 is 0 Å². The maximum Gasteiger partial charge on any atom is 0.241 e. The SMILES string of the molecule is CCCC1NC(CC(C)C)N(CC(C)(C)OCC)C1=O. The Hall–Kier alpha value is -0.610.